The van der Waals surface area contributed by atoms with Crippen molar-refractivity contribution >= 4 is 49.3 Å². The zero-order chi connectivity index (χ0) is 30.8. The molecule has 0 saturated heterocycles. The first-order valence-corrected chi connectivity index (χ1v) is 15.4. The maximum atomic E-state index is 14.1. The molecule has 0 radical (unpaired) electrons. The molecule has 0 saturated carbocycles. The number of Topliss-reactive ketones (excluding diaryl/α,β-unsaturated/α-hetero) is 1. The third kappa shape index (κ3) is 5.37. The van der Waals surface area contributed by atoms with Gasteiger partial charge in [-0.1, -0.05) is 55.4 Å². The Balaban J connectivity index is 1.45. The Morgan fingerprint density at radius 3 is 2.64 bits per heavy atom. The Morgan fingerprint density at radius 1 is 1.02 bits per heavy atom. The van der Waals surface area contributed by atoms with Crippen LogP contribution in [0.2, 0.25) is 0 Å². The number of furan rings is 1. The number of para-hydroxylation sites is 1. The first-order valence-electron chi connectivity index (χ1n) is 14.6. The number of hydrogen-bond donors (Lipinski definition) is 1. The minimum absolute atomic E-state index is 0.0147. The van der Waals surface area contributed by atoms with Crippen molar-refractivity contribution in [2.75, 3.05) is 25.2 Å². The van der Waals surface area contributed by atoms with E-state index in [2.05, 4.69) is 6.92 Å². The van der Waals surface area contributed by atoms with Crippen LogP contribution in [-0.4, -0.2) is 42.1 Å². The summed E-state index contributed by atoms with van der Waals surface area (Å²) in [5, 5.41) is 12.3. The fourth-order valence-corrected chi connectivity index (χ4v) is 6.36. The van der Waals surface area contributed by atoms with Gasteiger partial charge in [-0.25, -0.2) is 4.98 Å². The number of carbonyl (C=O) groups excluding carboxylic acids is 2. The lowest BCUT2D eigenvalue weighted by Crippen LogP contribution is -2.31. The Kier molecular flexibility index (Phi) is 8.25. The highest BCUT2D eigenvalue weighted by Crippen LogP contribution is 2.46. The van der Waals surface area contributed by atoms with E-state index in [1.54, 1.807) is 30.3 Å². The van der Waals surface area contributed by atoms with Crippen LogP contribution in [0.5, 0.6) is 17.2 Å². The van der Waals surface area contributed by atoms with Crippen LogP contribution in [0.3, 0.4) is 0 Å². The number of thiazole rings is 1. The van der Waals surface area contributed by atoms with E-state index in [4.69, 9.17) is 23.6 Å². The second-order valence-electron chi connectivity index (χ2n) is 10.3. The first kappa shape index (κ1) is 29.3. The molecular formula is C34H32N2O7S. The lowest BCUT2D eigenvalue weighted by molar-refractivity contribution is -0.117. The second-order valence-corrected chi connectivity index (χ2v) is 11.4. The van der Waals surface area contributed by atoms with Crippen LogP contribution < -0.4 is 19.1 Å². The molecule has 0 bridgehead atoms. The molecule has 2 aromatic heterocycles. The van der Waals surface area contributed by atoms with E-state index in [1.165, 1.54) is 23.3 Å². The standard InChI is InChI=1S/C34H32N2O7S/c1-4-6-9-16-42-25-15-12-21(18-26(25)40-3)30-29(31(37)27-17-20-10-7-8-11-24(20)43-27)32(38)33(39)36(30)34-35-23-14-13-22(41-5-2)19-28(23)44-34/h7-8,10-15,17-19,30,38H,4-6,9,16H2,1-3H3/t30-/m0/s1. The second kappa shape index (κ2) is 12.4. The first-order chi connectivity index (χ1) is 21.4. The lowest BCUT2D eigenvalue weighted by atomic mass is 9.95. The normalized spacial score (nSPS) is 15.0. The molecule has 6 rings (SSSR count). The number of aliphatic hydroxyl groups excluding tert-OH is 1. The smallest absolute Gasteiger partial charge is 0.296 e. The van der Waals surface area contributed by atoms with Crippen LogP contribution in [0.15, 0.2) is 82.5 Å². The molecule has 1 aliphatic heterocycles. The van der Waals surface area contributed by atoms with E-state index in [0.717, 1.165) is 29.3 Å². The SMILES string of the molecule is CCCCCOc1ccc([C@H]2C(C(=O)c3cc4ccccc4o3)=C(O)C(=O)N2c2nc3ccc(OCC)cc3s2)cc1OC. The van der Waals surface area contributed by atoms with Crippen LogP contribution in [0.25, 0.3) is 21.2 Å². The molecule has 226 valence electrons. The van der Waals surface area contributed by atoms with Crippen molar-refractivity contribution < 1.29 is 33.3 Å². The summed E-state index contributed by atoms with van der Waals surface area (Å²) in [6.45, 7) is 5.07. The molecule has 1 amide bonds. The number of benzene rings is 3. The average Bonchev–Trinajstić information content (AvgIpc) is 3.73. The number of amides is 1. The van der Waals surface area contributed by atoms with Gasteiger partial charge in [-0.15, -0.1) is 0 Å². The summed E-state index contributed by atoms with van der Waals surface area (Å²) < 4.78 is 24.0. The molecule has 3 aromatic carbocycles. The predicted octanol–water partition coefficient (Wildman–Crippen LogP) is 7.80. The van der Waals surface area contributed by atoms with Gasteiger partial charge in [0.15, 0.2) is 28.1 Å². The number of unbranched alkanes of at least 4 members (excludes halogenated alkanes) is 2. The van der Waals surface area contributed by atoms with E-state index in [1.807, 2.05) is 43.3 Å². The highest BCUT2D eigenvalue weighted by Gasteiger charge is 2.47. The predicted molar refractivity (Wildman–Crippen MR) is 169 cm³/mol. The van der Waals surface area contributed by atoms with Gasteiger partial charge in [-0.3, -0.25) is 14.5 Å². The number of methoxy groups -OCH3 is 1. The van der Waals surface area contributed by atoms with E-state index < -0.39 is 23.5 Å². The van der Waals surface area contributed by atoms with Gasteiger partial charge in [0, 0.05) is 5.39 Å². The molecule has 3 heterocycles. The molecule has 0 unspecified atom stereocenters. The number of ether oxygens (including phenoxy) is 3. The summed E-state index contributed by atoms with van der Waals surface area (Å²) in [6.07, 6.45) is 3.02. The van der Waals surface area contributed by atoms with E-state index in [9.17, 15) is 14.7 Å². The van der Waals surface area contributed by atoms with Crippen molar-refractivity contribution in [1.82, 2.24) is 4.98 Å². The van der Waals surface area contributed by atoms with Gasteiger partial charge in [-0.05, 0) is 61.4 Å². The van der Waals surface area contributed by atoms with Gasteiger partial charge >= 0.3 is 0 Å². The number of ketones is 1. The van der Waals surface area contributed by atoms with Crippen molar-refractivity contribution in [3.63, 3.8) is 0 Å². The van der Waals surface area contributed by atoms with Crippen molar-refractivity contribution in [1.29, 1.82) is 0 Å². The maximum Gasteiger partial charge on any atom is 0.296 e. The molecular weight excluding hydrogens is 580 g/mol. The highest BCUT2D eigenvalue weighted by molar-refractivity contribution is 7.22. The van der Waals surface area contributed by atoms with Crippen molar-refractivity contribution in [2.45, 2.75) is 39.2 Å². The molecule has 0 fully saturated rings. The van der Waals surface area contributed by atoms with Crippen LogP contribution in [-0.2, 0) is 4.79 Å². The largest absolute Gasteiger partial charge is 0.503 e. The maximum absolute atomic E-state index is 14.1. The zero-order valence-corrected chi connectivity index (χ0v) is 25.5. The molecule has 1 atom stereocenters. The number of aliphatic hydroxyl groups is 1. The number of aromatic nitrogens is 1. The number of rotatable bonds is 12. The third-order valence-corrected chi connectivity index (χ3v) is 8.49. The lowest BCUT2D eigenvalue weighted by Gasteiger charge is -2.25. The van der Waals surface area contributed by atoms with Gasteiger partial charge in [0.2, 0.25) is 5.78 Å². The molecule has 9 nitrogen and oxygen atoms in total. The average molecular weight is 613 g/mol. The molecule has 0 aliphatic carbocycles. The minimum Gasteiger partial charge on any atom is -0.503 e. The van der Waals surface area contributed by atoms with Crippen LogP contribution in [0.4, 0.5) is 5.13 Å². The quantitative estimate of drug-likeness (QED) is 0.112. The van der Waals surface area contributed by atoms with Gasteiger partial charge in [0.1, 0.15) is 11.3 Å². The summed E-state index contributed by atoms with van der Waals surface area (Å²) in [5.74, 6) is -0.311. The van der Waals surface area contributed by atoms with Crippen LogP contribution >= 0.6 is 11.3 Å². The Labute approximate surface area is 258 Å². The monoisotopic (exact) mass is 612 g/mol. The summed E-state index contributed by atoms with van der Waals surface area (Å²) in [4.78, 5) is 33.9. The summed E-state index contributed by atoms with van der Waals surface area (Å²) in [7, 11) is 1.53. The van der Waals surface area contributed by atoms with Crippen LogP contribution in [0.1, 0.15) is 55.3 Å². The zero-order valence-electron chi connectivity index (χ0n) is 24.7. The molecule has 1 N–H and O–H groups in total. The van der Waals surface area contributed by atoms with Gasteiger partial charge in [-0.2, -0.15) is 0 Å². The summed E-state index contributed by atoms with van der Waals surface area (Å²) in [6, 6.07) is 18.6. The Hall–Kier alpha value is -4.83. The fourth-order valence-electron chi connectivity index (χ4n) is 5.34. The molecule has 44 heavy (non-hydrogen) atoms. The van der Waals surface area contributed by atoms with E-state index >= 15 is 0 Å². The number of anilines is 1. The summed E-state index contributed by atoms with van der Waals surface area (Å²) in [5.41, 5.74) is 1.61. The van der Waals surface area contributed by atoms with Gasteiger partial charge in [0.05, 0.1) is 42.2 Å². The number of nitrogens with zero attached hydrogens (tertiary/aromatic N) is 2. The van der Waals surface area contributed by atoms with Crippen molar-refractivity contribution in [3.05, 3.63) is 89.4 Å². The van der Waals surface area contributed by atoms with Crippen LogP contribution in [0, 0.1) is 0 Å². The van der Waals surface area contributed by atoms with Gasteiger partial charge < -0.3 is 23.7 Å². The highest BCUT2D eigenvalue weighted by atomic mass is 32.1. The fraction of sp³-hybridized carbons (Fsp3) is 0.265. The molecule has 0 spiro atoms. The molecule has 1 aliphatic rings. The van der Waals surface area contributed by atoms with Crippen molar-refractivity contribution in [3.8, 4) is 17.2 Å². The molecule has 5 aromatic rings. The number of fused-ring (bicyclic) bond motifs is 2. The third-order valence-electron chi connectivity index (χ3n) is 7.48. The number of carbonyl (C=O) groups is 2. The topological polar surface area (TPSA) is 111 Å². The van der Waals surface area contributed by atoms with E-state index in [-0.39, 0.29) is 11.3 Å². The molecule has 10 heteroatoms. The Bertz CT molecular complexity index is 1860. The minimum atomic E-state index is -1.02. The number of hydrogen-bond acceptors (Lipinski definition) is 9. The van der Waals surface area contributed by atoms with Crippen molar-refractivity contribution in [2.24, 2.45) is 0 Å². The van der Waals surface area contributed by atoms with Gasteiger partial charge in [0.25, 0.3) is 5.91 Å². The van der Waals surface area contributed by atoms with E-state index in [0.29, 0.717) is 52.3 Å². The summed E-state index contributed by atoms with van der Waals surface area (Å²) >= 11 is 1.27. The Morgan fingerprint density at radius 2 is 1.86 bits per heavy atom.